The zero-order valence-electron chi connectivity index (χ0n) is 5.68. The van der Waals surface area contributed by atoms with Gasteiger partial charge in [0.1, 0.15) is 0 Å². The van der Waals surface area contributed by atoms with Gasteiger partial charge in [0.2, 0.25) is 0 Å². The monoisotopic (exact) mass is 121 g/mol. The maximum atomic E-state index is 11.3. The first-order chi connectivity index (χ1) is 4.41. The zero-order chi connectivity index (χ0) is 6.95. The Hall–Kier alpha value is -0.135. The van der Waals surface area contributed by atoms with Crippen LogP contribution < -0.4 is 0 Å². The van der Waals surface area contributed by atoms with Crippen LogP contribution in [-0.2, 0) is 0 Å². The van der Waals surface area contributed by atoms with Gasteiger partial charge in [-0.2, -0.15) is 0 Å². The van der Waals surface area contributed by atoms with E-state index in [4.69, 9.17) is 0 Å². The Bertz CT molecular complexity index is 74.6. The van der Waals surface area contributed by atoms with E-state index < -0.39 is 0 Å². The molecule has 45 valence electrons. The molecule has 0 bridgehead atoms. The molecule has 0 atom stereocenters. The molecular weight excluding hydrogens is 111 g/mol. The molecule has 0 heterocycles. The van der Waals surface area contributed by atoms with Crippen molar-refractivity contribution in [2.75, 3.05) is 0 Å². The minimum Gasteiger partial charge on any atom is -0.216 e. The first kappa shape index (κ1) is 8.86. The molecular formula is C5H9B3F. The van der Waals surface area contributed by atoms with Crippen molar-refractivity contribution in [3.05, 3.63) is 12.4 Å². The Morgan fingerprint density at radius 1 is 1.44 bits per heavy atom. The third-order valence-corrected chi connectivity index (χ3v) is 0.900. The van der Waals surface area contributed by atoms with Gasteiger partial charge in [0, 0.05) is 0 Å². The highest BCUT2D eigenvalue weighted by atomic mass is 19.1. The third kappa shape index (κ3) is 7.86. The van der Waals surface area contributed by atoms with Crippen LogP contribution >= 0.6 is 0 Å². The summed E-state index contributed by atoms with van der Waals surface area (Å²) in [6.07, 6.45) is 3.72. The van der Waals surface area contributed by atoms with Crippen LogP contribution in [0.1, 0.15) is 0 Å². The van der Waals surface area contributed by atoms with Crippen molar-refractivity contribution < 1.29 is 4.39 Å². The van der Waals surface area contributed by atoms with Crippen LogP contribution in [-0.4, -0.2) is 21.6 Å². The Kier molecular flexibility index (Phi) is 7.75. The molecule has 0 fully saturated rings. The van der Waals surface area contributed by atoms with Gasteiger partial charge in [-0.1, -0.05) is 19.2 Å². The lowest BCUT2D eigenvalue weighted by Crippen LogP contribution is -2.03. The van der Waals surface area contributed by atoms with Crippen molar-refractivity contribution in [1.82, 2.24) is 0 Å². The van der Waals surface area contributed by atoms with Crippen molar-refractivity contribution >= 4 is 21.6 Å². The van der Waals surface area contributed by atoms with Crippen LogP contribution in [0.2, 0.25) is 19.4 Å². The van der Waals surface area contributed by atoms with Crippen molar-refractivity contribution in [3.63, 3.8) is 0 Å². The standard InChI is InChI=1S/C5H9B3F/c1-6-5-8-7-3-2-4-9/h2,4H,3,5H2,1H3. The largest absolute Gasteiger partial charge is 0.216 e. The molecule has 0 aliphatic rings. The van der Waals surface area contributed by atoms with Gasteiger partial charge < -0.3 is 0 Å². The van der Waals surface area contributed by atoms with Crippen molar-refractivity contribution in [2.24, 2.45) is 0 Å². The quantitative estimate of drug-likeness (QED) is 0.380. The van der Waals surface area contributed by atoms with Gasteiger partial charge in [0.25, 0.3) is 0 Å². The van der Waals surface area contributed by atoms with E-state index in [0.717, 1.165) is 6.22 Å². The van der Waals surface area contributed by atoms with Crippen LogP contribution in [0.3, 0.4) is 0 Å². The lowest BCUT2D eigenvalue weighted by Gasteiger charge is -1.87. The summed E-state index contributed by atoms with van der Waals surface area (Å²) in [6, 6.07) is 0. The minimum absolute atomic E-state index is 0.569. The maximum absolute atomic E-state index is 11.3. The molecule has 0 rings (SSSR count). The molecule has 0 amide bonds. The highest BCUT2D eigenvalue weighted by Gasteiger charge is 1.87. The van der Waals surface area contributed by atoms with Gasteiger partial charge in [0.05, 0.1) is 27.9 Å². The van der Waals surface area contributed by atoms with Gasteiger partial charge in [-0.3, -0.25) is 0 Å². The summed E-state index contributed by atoms with van der Waals surface area (Å²) >= 11 is 0. The Balaban J connectivity index is 2.75. The van der Waals surface area contributed by atoms with E-state index in [9.17, 15) is 4.39 Å². The van der Waals surface area contributed by atoms with E-state index in [2.05, 4.69) is 7.28 Å². The first-order valence-electron chi connectivity index (χ1n) is 3.10. The summed E-state index contributed by atoms with van der Waals surface area (Å²) in [4.78, 5) is 0. The Morgan fingerprint density at radius 3 is 2.78 bits per heavy atom. The highest BCUT2D eigenvalue weighted by molar-refractivity contribution is 7.03. The van der Waals surface area contributed by atoms with Crippen molar-refractivity contribution in [1.29, 1.82) is 0 Å². The van der Waals surface area contributed by atoms with Crippen LogP contribution in [0.15, 0.2) is 12.4 Å². The molecule has 0 saturated heterocycles. The number of allylic oxidation sites excluding steroid dienone is 1. The molecule has 0 saturated carbocycles. The molecule has 0 aromatic carbocycles. The van der Waals surface area contributed by atoms with Crippen LogP contribution in [0.4, 0.5) is 4.39 Å². The van der Waals surface area contributed by atoms with E-state index in [1.165, 1.54) is 6.08 Å². The molecule has 9 heavy (non-hydrogen) atoms. The number of halogens is 1. The van der Waals surface area contributed by atoms with Crippen molar-refractivity contribution in [3.8, 4) is 0 Å². The topological polar surface area (TPSA) is 0 Å². The lowest BCUT2D eigenvalue weighted by atomic mass is 9.32. The van der Waals surface area contributed by atoms with Crippen LogP contribution in [0, 0.1) is 0 Å². The first-order valence-corrected chi connectivity index (χ1v) is 3.10. The third-order valence-electron chi connectivity index (χ3n) is 0.900. The summed E-state index contributed by atoms with van der Waals surface area (Å²) in [7, 11) is 6.01. The normalized spacial score (nSPS) is 9.56. The molecule has 0 aliphatic heterocycles. The summed E-state index contributed by atoms with van der Waals surface area (Å²) in [5.74, 6) is 0. The molecule has 3 radical (unpaired) electrons. The summed E-state index contributed by atoms with van der Waals surface area (Å²) in [6.45, 7) is 2.00. The molecule has 4 heteroatoms. The molecule has 0 unspecified atom stereocenters. The zero-order valence-corrected chi connectivity index (χ0v) is 5.68. The van der Waals surface area contributed by atoms with E-state index in [-0.39, 0.29) is 0 Å². The second-order valence-electron chi connectivity index (χ2n) is 1.71. The highest BCUT2D eigenvalue weighted by Crippen LogP contribution is 1.83. The number of hydrogen-bond acceptors (Lipinski definition) is 0. The molecule has 0 aliphatic carbocycles. The van der Waals surface area contributed by atoms with Gasteiger partial charge in [-0.05, 0) is 0 Å². The predicted molar refractivity (Wildman–Crippen MR) is 43.0 cm³/mol. The number of rotatable bonds is 5. The van der Waals surface area contributed by atoms with Gasteiger partial charge in [-0.15, -0.1) is 6.22 Å². The average molecular weight is 121 g/mol. The lowest BCUT2D eigenvalue weighted by molar-refractivity contribution is 0.719. The average Bonchev–Trinajstić information content (AvgIpc) is 1.89. The summed E-state index contributed by atoms with van der Waals surface area (Å²) < 4.78 is 11.3. The summed E-state index contributed by atoms with van der Waals surface area (Å²) in [5.41, 5.74) is 0. The minimum atomic E-state index is 0.569. The fourth-order valence-electron chi connectivity index (χ4n) is 0.459. The van der Waals surface area contributed by atoms with E-state index in [0.29, 0.717) is 12.6 Å². The molecule has 0 aromatic heterocycles. The summed E-state index contributed by atoms with van der Waals surface area (Å²) in [5, 5.41) is 0. The predicted octanol–water partition coefficient (Wildman–Crippen LogP) is 1.34. The number of hydrogen-bond donors (Lipinski definition) is 0. The smallest absolute Gasteiger partial charge is 0.0959 e. The van der Waals surface area contributed by atoms with E-state index in [1.54, 1.807) is 0 Å². The van der Waals surface area contributed by atoms with Crippen LogP contribution in [0.25, 0.3) is 0 Å². The van der Waals surface area contributed by atoms with E-state index >= 15 is 0 Å². The van der Waals surface area contributed by atoms with Gasteiger partial charge >= 0.3 is 0 Å². The van der Waals surface area contributed by atoms with Gasteiger partial charge in [-0.25, -0.2) is 4.39 Å². The van der Waals surface area contributed by atoms with Crippen molar-refractivity contribution in [2.45, 2.75) is 19.4 Å². The SMILES string of the molecule is C[B]C[B][B]CC=CF. The maximum Gasteiger partial charge on any atom is 0.0959 e. The Labute approximate surface area is 58.6 Å². The Morgan fingerprint density at radius 2 is 2.22 bits per heavy atom. The fraction of sp³-hybridized carbons (Fsp3) is 0.600. The molecule has 0 N–H and O–H groups in total. The van der Waals surface area contributed by atoms with Crippen LogP contribution in [0.5, 0.6) is 0 Å². The van der Waals surface area contributed by atoms with E-state index in [1.807, 2.05) is 21.2 Å². The van der Waals surface area contributed by atoms with Gasteiger partial charge in [0.15, 0.2) is 0 Å². The molecule has 0 nitrogen and oxygen atoms in total. The second-order valence-corrected chi connectivity index (χ2v) is 1.71. The fourth-order valence-corrected chi connectivity index (χ4v) is 0.459. The molecule has 0 spiro atoms. The second kappa shape index (κ2) is 7.86. The molecule has 0 aromatic rings.